The highest BCUT2D eigenvalue weighted by atomic mass is 16.5. The van der Waals surface area contributed by atoms with Crippen molar-refractivity contribution in [3.63, 3.8) is 0 Å². The van der Waals surface area contributed by atoms with Gasteiger partial charge in [0.15, 0.2) is 0 Å². The highest BCUT2D eigenvalue weighted by molar-refractivity contribution is 5.97. The van der Waals surface area contributed by atoms with Gasteiger partial charge in [0.25, 0.3) is 0 Å². The molecule has 0 spiro atoms. The number of rotatable bonds is 10. The standard InChI is InChI=1S/C23H29NO4/c1-4-5-6-7-9-16(2)28-20-12-13-21(23(26)27)22(15-20)18-10-8-11-19(14-18)24-17(3)25/h8,10-16H,4-7,9H2,1-3H3,(H,24,25)(H,26,27)/t16-/m0/s1. The first-order valence-electron chi connectivity index (χ1n) is 9.82. The molecular formula is C23H29NO4. The topological polar surface area (TPSA) is 75.6 Å². The van der Waals surface area contributed by atoms with E-state index in [1.807, 2.05) is 13.0 Å². The second kappa shape index (κ2) is 10.5. The third kappa shape index (κ3) is 6.41. The number of carboxylic acids is 1. The van der Waals surface area contributed by atoms with E-state index < -0.39 is 5.97 Å². The molecule has 1 atom stereocenters. The molecule has 1 amide bonds. The van der Waals surface area contributed by atoms with E-state index in [1.54, 1.807) is 36.4 Å². The predicted molar refractivity (Wildman–Crippen MR) is 112 cm³/mol. The van der Waals surface area contributed by atoms with E-state index in [9.17, 15) is 14.7 Å². The van der Waals surface area contributed by atoms with Crippen LogP contribution in [0.15, 0.2) is 42.5 Å². The number of hydrogen-bond donors (Lipinski definition) is 2. The lowest BCUT2D eigenvalue weighted by Gasteiger charge is -2.17. The normalized spacial score (nSPS) is 11.7. The molecule has 2 N–H and O–H groups in total. The Kier molecular flexibility index (Phi) is 8.05. The molecule has 0 saturated heterocycles. The summed E-state index contributed by atoms with van der Waals surface area (Å²) in [6.45, 7) is 5.66. The smallest absolute Gasteiger partial charge is 0.336 e. The van der Waals surface area contributed by atoms with Crippen molar-refractivity contribution < 1.29 is 19.4 Å². The van der Waals surface area contributed by atoms with Crippen LogP contribution < -0.4 is 10.1 Å². The number of carboxylic acid groups (broad SMARTS) is 1. The van der Waals surface area contributed by atoms with Gasteiger partial charge in [-0.1, -0.05) is 38.3 Å². The van der Waals surface area contributed by atoms with Crippen molar-refractivity contribution in [2.45, 2.75) is 59.0 Å². The summed E-state index contributed by atoms with van der Waals surface area (Å²) in [5, 5.41) is 12.3. The molecule has 28 heavy (non-hydrogen) atoms. The molecule has 2 aromatic carbocycles. The van der Waals surface area contributed by atoms with Gasteiger partial charge in [-0.2, -0.15) is 0 Å². The molecule has 0 saturated carbocycles. The van der Waals surface area contributed by atoms with Gasteiger partial charge in [-0.3, -0.25) is 4.79 Å². The van der Waals surface area contributed by atoms with Crippen LogP contribution in [0, 0.1) is 0 Å². The molecule has 0 unspecified atom stereocenters. The van der Waals surface area contributed by atoms with Gasteiger partial charge < -0.3 is 15.2 Å². The van der Waals surface area contributed by atoms with Crippen LogP contribution in [-0.2, 0) is 4.79 Å². The maximum Gasteiger partial charge on any atom is 0.336 e. The fourth-order valence-electron chi connectivity index (χ4n) is 3.14. The van der Waals surface area contributed by atoms with E-state index in [0.29, 0.717) is 22.6 Å². The average molecular weight is 383 g/mol. The number of aromatic carboxylic acids is 1. The van der Waals surface area contributed by atoms with Crippen molar-refractivity contribution in [2.75, 3.05) is 5.32 Å². The molecule has 0 aromatic heterocycles. The lowest BCUT2D eigenvalue weighted by molar-refractivity contribution is -0.114. The van der Waals surface area contributed by atoms with Crippen LogP contribution in [0.1, 0.15) is 63.2 Å². The van der Waals surface area contributed by atoms with E-state index in [-0.39, 0.29) is 17.6 Å². The highest BCUT2D eigenvalue weighted by Crippen LogP contribution is 2.30. The van der Waals surface area contributed by atoms with Crippen molar-refractivity contribution in [3.05, 3.63) is 48.0 Å². The molecule has 0 radical (unpaired) electrons. The Bertz CT molecular complexity index is 816. The number of nitrogens with one attached hydrogen (secondary N) is 1. The molecule has 0 aliphatic rings. The first kappa shape index (κ1) is 21.5. The van der Waals surface area contributed by atoms with Crippen LogP contribution in [0.25, 0.3) is 11.1 Å². The van der Waals surface area contributed by atoms with Gasteiger partial charge in [0.2, 0.25) is 5.91 Å². The van der Waals surface area contributed by atoms with Crippen molar-refractivity contribution >= 4 is 17.6 Å². The van der Waals surface area contributed by atoms with E-state index in [4.69, 9.17) is 4.74 Å². The summed E-state index contributed by atoms with van der Waals surface area (Å²) in [7, 11) is 0. The molecule has 0 bridgehead atoms. The van der Waals surface area contributed by atoms with Crippen molar-refractivity contribution in [3.8, 4) is 16.9 Å². The Labute approximate surface area is 166 Å². The van der Waals surface area contributed by atoms with E-state index in [1.165, 1.54) is 26.2 Å². The van der Waals surface area contributed by atoms with Gasteiger partial charge in [0.05, 0.1) is 11.7 Å². The number of unbranched alkanes of at least 4 members (excludes halogenated alkanes) is 3. The Hall–Kier alpha value is -2.82. The van der Waals surface area contributed by atoms with E-state index in [2.05, 4.69) is 12.2 Å². The van der Waals surface area contributed by atoms with Crippen molar-refractivity contribution in [2.24, 2.45) is 0 Å². The maximum atomic E-state index is 11.7. The number of amides is 1. The van der Waals surface area contributed by atoms with Crippen LogP contribution in [-0.4, -0.2) is 23.1 Å². The molecule has 5 nitrogen and oxygen atoms in total. The van der Waals surface area contributed by atoms with Gasteiger partial charge in [0, 0.05) is 12.6 Å². The maximum absolute atomic E-state index is 11.7. The first-order valence-corrected chi connectivity index (χ1v) is 9.82. The number of carbonyl (C=O) groups excluding carboxylic acids is 1. The first-order chi connectivity index (χ1) is 13.4. The number of anilines is 1. The summed E-state index contributed by atoms with van der Waals surface area (Å²) in [4.78, 5) is 23.0. The van der Waals surface area contributed by atoms with Crippen LogP contribution in [0.2, 0.25) is 0 Å². The zero-order valence-electron chi connectivity index (χ0n) is 16.8. The molecule has 2 aromatic rings. The Morgan fingerprint density at radius 2 is 1.89 bits per heavy atom. The Morgan fingerprint density at radius 3 is 2.57 bits per heavy atom. The van der Waals surface area contributed by atoms with Crippen molar-refractivity contribution in [1.82, 2.24) is 0 Å². The number of ether oxygens (including phenoxy) is 1. The summed E-state index contributed by atoms with van der Waals surface area (Å²) in [5.74, 6) is -0.531. The zero-order valence-corrected chi connectivity index (χ0v) is 16.8. The largest absolute Gasteiger partial charge is 0.491 e. The van der Waals surface area contributed by atoms with Gasteiger partial charge in [0.1, 0.15) is 5.75 Å². The summed E-state index contributed by atoms with van der Waals surface area (Å²) >= 11 is 0. The van der Waals surface area contributed by atoms with Crippen molar-refractivity contribution in [1.29, 1.82) is 0 Å². The Morgan fingerprint density at radius 1 is 1.11 bits per heavy atom. The molecule has 0 fully saturated rings. The highest BCUT2D eigenvalue weighted by Gasteiger charge is 2.15. The molecule has 0 aliphatic heterocycles. The number of benzene rings is 2. The summed E-state index contributed by atoms with van der Waals surface area (Å²) in [6.07, 6.45) is 5.78. The fraction of sp³-hybridized carbons (Fsp3) is 0.391. The molecule has 2 rings (SSSR count). The zero-order chi connectivity index (χ0) is 20.5. The quantitative estimate of drug-likeness (QED) is 0.512. The molecule has 0 heterocycles. The predicted octanol–water partition coefficient (Wildman–Crippen LogP) is 5.75. The minimum atomic E-state index is -1.00. The van der Waals surface area contributed by atoms with Crippen LogP contribution >= 0.6 is 0 Å². The molecule has 0 aliphatic carbocycles. The summed E-state index contributed by atoms with van der Waals surface area (Å²) in [6, 6.07) is 12.2. The minimum Gasteiger partial charge on any atom is -0.491 e. The van der Waals surface area contributed by atoms with Crippen LogP contribution in [0.3, 0.4) is 0 Å². The van der Waals surface area contributed by atoms with Crippen LogP contribution in [0.4, 0.5) is 5.69 Å². The van der Waals surface area contributed by atoms with Gasteiger partial charge >= 0.3 is 5.97 Å². The molecule has 150 valence electrons. The third-order valence-corrected chi connectivity index (χ3v) is 4.52. The Balaban J connectivity index is 2.24. The van der Waals surface area contributed by atoms with Crippen LogP contribution in [0.5, 0.6) is 5.75 Å². The second-order valence-corrected chi connectivity index (χ2v) is 7.05. The van der Waals surface area contributed by atoms with E-state index in [0.717, 1.165) is 12.8 Å². The number of carbonyl (C=O) groups is 2. The lowest BCUT2D eigenvalue weighted by Crippen LogP contribution is -2.12. The average Bonchev–Trinajstić information content (AvgIpc) is 2.64. The monoisotopic (exact) mass is 383 g/mol. The summed E-state index contributed by atoms with van der Waals surface area (Å²) < 4.78 is 6.02. The SMILES string of the molecule is CCCCCC[C@H](C)Oc1ccc(C(=O)O)c(-c2cccc(NC(C)=O)c2)c1. The summed E-state index contributed by atoms with van der Waals surface area (Å²) in [5.41, 5.74) is 2.10. The van der Waals surface area contributed by atoms with Gasteiger partial charge in [-0.05, 0) is 61.2 Å². The lowest BCUT2D eigenvalue weighted by atomic mass is 9.98. The van der Waals surface area contributed by atoms with Gasteiger partial charge in [-0.25, -0.2) is 4.79 Å². The fourth-order valence-corrected chi connectivity index (χ4v) is 3.14. The molecular weight excluding hydrogens is 354 g/mol. The molecule has 5 heteroatoms. The number of hydrogen-bond acceptors (Lipinski definition) is 3. The third-order valence-electron chi connectivity index (χ3n) is 4.52. The second-order valence-electron chi connectivity index (χ2n) is 7.05. The van der Waals surface area contributed by atoms with E-state index >= 15 is 0 Å². The van der Waals surface area contributed by atoms with Gasteiger partial charge in [-0.15, -0.1) is 0 Å². The minimum absolute atomic E-state index is 0.0612.